The first-order chi connectivity index (χ1) is 10.2. The highest BCUT2D eigenvalue weighted by Crippen LogP contribution is 2.28. The zero-order valence-corrected chi connectivity index (χ0v) is 13.1. The smallest absolute Gasteiger partial charge is 0.123 e. The second-order valence-electron chi connectivity index (χ2n) is 6.77. The van der Waals surface area contributed by atoms with E-state index in [1.807, 2.05) is 12.1 Å². The van der Waals surface area contributed by atoms with Crippen LogP contribution in [0.1, 0.15) is 38.2 Å². The van der Waals surface area contributed by atoms with Gasteiger partial charge in [0.15, 0.2) is 0 Å². The minimum Gasteiger partial charge on any atom is -0.298 e. The number of piperazine rings is 1. The maximum atomic E-state index is 12.9. The standard InChI is InChI=1S/C18H27FN2/c1-15-4-2-3-5-18(15)21-12-10-20(11-13-21)14-16-6-8-17(19)9-7-16/h6-9,15,18H,2-5,10-14H2,1H3/t15-,18+/m0/s1. The molecule has 0 aromatic heterocycles. The summed E-state index contributed by atoms with van der Waals surface area (Å²) in [4.78, 5) is 5.21. The number of rotatable bonds is 3. The molecule has 1 saturated heterocycles. The molecule has 0 radical (unpaired) electrons. The predicted octanol–water partition coefficient (Wildman–Crippen LogP) is 3.52. The predicted molar refractivity (Wildman–Crippen MR) is 84.7 cm³/mol. The molecule has 0 N–H and O–H groups in total. The van der Waals surface area contributed by atoms with Crippen LogP contribution in [-0.2, 0) is 6.54 Å². The van der Waals surface area contributed by atoms with Crippen LogP contribution < -0.4 is 0 Å². The molecule has 1 saturated carbocycles. The van der Waals surface area contributed by atoms with Gasteiger partial charge >= 0.3 is 0 Å². The molecule has 2 nitrogen and oxygen atoms in total. The van der Waals surface area contributed by atoms with Crippen molar-refractivity contribution in [3.05, 3.63) is 35.6 Å². The molecule has 3 heteroatoms. The molecular weight excluding hydrogens is 263 g/mol. The number of benzene rings is 1. The molecule has 1 heterocycles. The topological polar surface area (TPSA) is 6.48 Å². The van der Waals surface area contributed by atoms with Gasteiger partial charge in [-0.05, 0) is 36.5 Å². The van der Waals surface area contributed by atoms with Crippen molar-refractivity contribution in [1.29, 1.82) is 0 Å². The lowest BCUT2D eigenvalue weighted by Gasteiger charge is -2.43. The Hall–Kier alpha value is -0.930. The molecule has 2 atom stereocenters. The van der Waals surface area contributed by atoms with Crippen LogP contribution in [0.2, 0.25) is 0 Å². The summed E-state index contributed by atoms with van der Waals surface area (Å²) >= 11 is 0. The second-order valence-corrected chi connectivity index (χ2v) is 6.77. The third-order valence-electron chi connectivity index (χ3n) is 5.26. The molecule has 0 unspecified atom stereocenters. The summed E-state index contributed by atoms with van der Waals surface area (Å²) in [6, 6.07) is 7.76. The van der Waals surface area contributed by atoms with Crippen molar-refractivity contribution in [3.8, 4) is 0 Å². The third-order valence-corrected chi connectivity index (χ3v) is 5.26. The highest BCUT2D eigenvalue weighted by Gasteiger charge is 2.29. The number of hydrogen-bond donors (Lipinski definition) is 0. The molecule has 2 aliphatic rings. The van der Waals surface area contributed by atoms with Crippen LogP contribution >= 0.6 is 0 Å². The SMILES string of the molecule is C[C@H]1CCCC[C@H]1N1CCN(Cc2ccc(F)cc2)CC1. The molecule has 1 aromatic rings. The van der Waals surface area contributed by atoms with E-state index < -0.39 is 0 Å². The Labute approximate surface area is 127 Å². The summed E-state index contributed by atoms with van der Waals surface area (Å²) in [5, 5.41) is 0. The van der Waals surface area contributed by atoms with Crippen molar-refractivity contribution >= 4 is 0 Å². The summed E-state index contributed by atoms with van der Waals surface area (Å²) in [5.74, 6) is 0.720. The summed E-state index contributed by atoms with van der Waals surface area (Å²) in [6.45, 7) is 8.04. The highest BCUT2D eigenvalue weighted by molar-refractivity contribution is 5.16. The zero-order chi connectivity index (χ0) is 14.7. The maximum absolute atomic E-state index is 12.9. The van der Waals surface area contributed by atoms with Crippen LogP contribution in [-0.4, -0.2) is 42.0 Å². The van der Waals surface area contributed by atoms with E-state index >= 15 is 0 Å². The van der Waals surface area contributed by atoms with Gasteiger partial charge < -0.3 is 0 Å². The van der Waals surface area contributed by atoms with E-state index in [0.29, 0.717) is 0 Å². The van der Waals surface area contributed by atoms with E-state index in [2.05, 4.69) is 16.7 Å². The van der Waals surface area contributed by atoms with Crippen LogP contribution in [0, 0.1) is 11.7 Å². The van der Waals surface area contributed by atoms with Gasteiger partial charge in [-0.3, -0.25) is 9.80 Å². The molecule has 1 aromatic carbocycles. The lowest BCUT2D eigenvalue weighted by atomic mass is 9.84. The second kappa shape index (κ2) is 6.89. The van der Waals surface area contributed by atoms with E-state index in [-0.39, 0.29) is 5.82 Å². The average molecular weight is 290 g/mol. The first kappa shape index (κ1) is 15.0. The van der Waals surface area contributed by atoms with Gasteiger partial charge in [0.2, 0.25) is 0 Å². The fraction of sp³-hybridized carbons (Fsp3) is 0.667. The lowest BCUT2D eigenvalue weighted by Crippen LogP contribution is -2.52. The Kier molecular flexibility index (Phi) is 4.91. The van der Waals surface area contributed by atoms with E-state index in [9.17, 15) is 4.39 Å². The van der Waals surface area contributed by atoms with Crippen molar-refractivity contribution < 1.29 is 4.39 Å². The zero-order valence-electron chi connectivity index (χ0n) is 13.1. The van der Waals surface area contributed by atoms with E-state index in [4.69, 9.17) is 0 Å². The lowest BCUT2D eigenvalue weighted by molar-refractivity contribution is 0.0518. The van der Waals surface area contributed by atoms with Crippen LogP contribution in [0.4, 0.5) is 4.39 Å². The Morgan fingerprint density at radius 3 is 2.33 bits per heavy atom. The van der Waals surface area contributed by atoms with Gasteiger partial charge in [-0.2, -0.15) is 0 Å². The molecule has 0 amide bonds. The Bertz CT molecular complexity index is 437. The molecule has 2 fully saturated rings. The van der Waals surface area contributed by atoms with Crippen LogP contribution in [0.15, 0.2) is 24.3 Å². The fourth-order valence-electron chi connectivity index (χ4n) is 3.94. The van der Waals surface area contributed by atoms with Crippen LogP contribution in [0.25, 0.3) is 0 Å². The van der Waals surface area contributed by atoms with E-state index in [0.717, 1.165) is 31.6 Å². The summed E-state index contributed by atoms with van der Waals surface area (Å²) in [6.07, 6.45) is 5.62. The first-order valence-electron chi connectivity index (χ1n) is 8.43. The Balaban J connectivity index is 1.49. The van der Waals surface area contributed by atoms with Crippen molar-refractivity contribution in [3.63, 3.8) is 0 Å². The largest absolute Gasteiger partial charge is 0.298 e. The van der Waals surface area contributed by atoms with Gasteiger partial charge in [0.1, 0.15) is 5.82 Å². The molecule has 1 aliphatic carbocycles. The number of halogens is 1. The first-order valence-corrected chi connectivity index (χ1v) is 8.43. The van der Waals surface area contributed by atoms with E-state index in [1.54, 1.807) is 12.1 Å². The number of hydrogen-bond acceptors (Lipinski definition) is 2. The quantitative estimate of drug-likeness (QED) is 0.840. The minimum atomic E-state index is -0.144. The Morgan fingerprint density at radius 1 is 1.00 bits per heavy atom. The normalized spacial score (nSPS) is 28.7. The molecule has 1 aliphatic heterocycles. The van der Waals surface area contributed by atoms with Crippen molar-refractivity contribution in [2.45, 2.75) is 45.2 Å². The third kappa shape index (κ3) is 3.83. The maximum Gasteiger partial charge on any atom is 0.123 e. The number of nitrogens with zero attached hydrogens (tertiary/aromatic N) is 2. The Morgan fingerprint density at radius 2 is 1.67 bits per heavy atom. The van der Waals surface area contributed by atoms with Gasteiger partial charge in [0.05, 0.1) is 0 Å². The molecule has 0 bridgehead atoms. The van der Waals surface area contributed by atoms with Gasteiger partial charge in [-0.1, -0.05) is 31.9 Å². The molecule has 116 valence electrons. The van der Waals surface area contributed by atoms with E-state index in [1.165, 1.54) is 44.3 Å². The minimum absolute atomic E-state index is 0.144. The summed E-state index contributed by atoms with van der Waals surface area (Å²) in [5.41, 5.74) is 1.22. The van der Waals surface area contributed by atoms with Gasteiger partial charge in [0, 0.05) is 38.8 Å². The molecule has 3 rings (SSSR count). The van der Waals surface area contributed by atoms with Gasteiger partial charge in [0.25, 0.3) is 0 Å². The van der Waals surface area contributed by atoms with Crippen LogP contribution in [0.3, 0.4) is 0 Å². The van der Waals surface area contributed by atoms with Gasteiger partial charge in [-0.25, -0.2) is 4.39 Å². The van der Waals surface area contributed by atoms with Crippen molar-refractivity contribution in [2.75, 3.05) is 26.2 Å². The fourth-order valence-corrected chi connectivity index (χ4v) is 3.94. The van der Waals surface area contributed by atoms with Crippen molar-refractivity contribution in [1.82, 2.24) is 9.80 Å². The molecular formula is C18H27FN2. The van der Waals surface area contributed by atoms with Gasteiger partial charge in [-0.15, -0.1) is 0 Å². The van der Waals surface area contributed by atoms with Crippen molar-refractivity contribution in [2.24, 2.45) is 5.92 Å². The highest BCUT2D eigenvalue weighted by atomic mass is 19.1. The monoisotopic (exact) mass is 290 g/mol. The van der Waals surface area contributed by atoms with Crippen LogP contribution in [0.5, 0.6) is 0 Å². The summed E-state index contributed by atoms with van der Waals surface area (Å²) < 4.78 is 12.9. The molecule has 0 spiro atoms. The summed E-state index contributed by atoms with van der Waals surface area (Å²) in [7, 11) is 0. The average Bonchev–Trinajstić information content (AvgIpc) is 2.51. The molecule has 21 heavy (non-hydrogen) atoms.